The van der Waals surface area contributed by atoms with E-state index in [4.69, 9.17) is 0 Å². The Labute approximate surface area is 121 Å². The molecule has 1 N–H and O–H groups in total. The molecule has 1 aliphatic carbocycles. The minimum atomic E-state index is -0.00508. The van der Waals surface area contributed by atoms with Gasteiger partial charge in [0.2, 0.25) is 0 Å². The van der Waals surface area contributed by atoms with Crippen molar-refractivity contribution in [3.63, 3.8) is 0 Å². The highest BCUT2D eigenvalue weighted by molar-refractivity contribution is 9.10. The van der Waals surface area contributed by atoms with E-state index in [1.807, 2.05) is 30.3 Å². The Morgan fingerprint density at radius 2 is 2.05 bits per heavy atom. The second-order valence-corrected chi connectivity index (χ2v) is 5.89. The fourth-order valence-corrected chi connectivity index (χ4v) is 2.65. The molecule has 0 aromatic heterocycles. The molecule has 1 heterocycles. The van der Waals surface area contributed by atoms with Crippen molar-refractivity contribution in [3.05, 3.63) is 63.3 Å². The fourth-order valence-electron chi connectivity index (χ4n) is 2.39. The lowest BCUT2D eigenvalue weighted by atomic mass is 9.92. The molecular formula is C16H14BrNO. The summed E-state index contributed by atoms with van der Waals surface area (Å²) in [6, 6.07) is 7.96. The van der Waals surface area contributed by atoms with E-state index in [2.05, 4.69) is 40.3 Å². The lowest BCUT2D eigenvalue weighted by Crippen LogP contribution is -2.13. The van der Waals surface area contributed by atoms with Crippen LogP contribution in [0.3, 0.4) is 0 Å². The van der Waals surface area contributed by atoms with Crippen molar-refractivity contribution in [2.24, 2.45) is 5.92 Å². The summed E-state index contributed by atoms with van der Waals surface area (Å²) in [5.74, 6) is 0.481. The van der Waals surface area contributed by atoms with Gasteiger partial charge in [-0.25, -0.2) is 0 Å². The normalized spacial score (nSPS) is 23.8. The summed E-state index contributed by atoms with van der Waals surface area (Å²) < 4.78 is 1.04. The number of halogens is 1. The topological polar surface area (TPSA) is 29.1 Å². The molecule has 1 saturated heterocycles. The number of carbonyl (C=O) groups is 1. The molecule has 2 aliphatic rings. The van der Waals surface area contributed by atoms with Gasteiger partial charge in [-0.3, -0.25) is 4.79 Å². The Bertz CT molecular complexity index is 623. The second kappa shape index (κ2) is 4.82. The summed E-state index contributed by atoms with van der Waals surface area (Å²) >= 11 is 3.41. The number of hydrogen-bond acceptors (Lipinski definition) is 1. The molecule has 3 heteroatoms. The lowest BCUT2D eigenvalue weighted by Gasteiger charge is -2.12. The third kappa shape index (κ3) is 2.43. The number of amides is 1. The number of fused-ring (bicyclic) bond motifs is 1. The molecule has 1 amide bonds. The third-order valence-electron chi connectivity index (χ3n) is 3.40. The summed E-state index contributed by atoms with van der Waals surface area (Å²) in [6.07, 6.45) is 7.23. The zero-order valence-corrected chi connectivity index (χ0v) is 12.2. The highest BCUT2D eigenvalue weighted by atomic mass is 79.9. The van der Waals surface area contributed by atoms with Crippen LogP contribution in [0.1, 0.15) is 18.9 Å². The van der Waals surface area contributed by atoms with Crippen molar-refractivity contribution in [1.29, 1.82) is 0 Å². The van der Waals surface area contributed by atoms with E-state index in [1.165, 1.54) is 0 Å². The SMILES string of the molecule is CC1C=C2C(=CC1)NC(=O)/C2=C/c1ccc(Br)cc1. The predicted octanol–water partition coefficient (Wildman–Crippen LogP) is 3.81. The van der Waals surface area contributed by atoms with E-state index >= 15 is 0 Å². The molecule has 0 saturated carbocycles. The number of carbonyl (C=O) groups excluding carboxylic acids is 1. The first kappa shape index (κ1) is 12.4. The van der Waals surface area contributed by atoms with Crippen molar-refractivity contribution >= 4 is 27.9 Å². The summed E-state index contributed by atoms with van der Waals surface area (Å²) in [5, 5.41) is 2.93. The van der Waals surface area contributed by atoms with Crippen LogP contribution in [0.4, 0.5) is 0 Å². The second-order valence-electron chi connectivity index (χ2n) is 4.97. The van der Waals surface area contributed by atoms with Crippen molar-refractivity contribution in [1.82, 2.24) is 5.32 Å². The maximum Gasteiger partial charge on any atom is 0.256 e. The van der Waals surface area contributed by atoms with E-state index in [-0.39, 0.29) is 5.91 Å². The molecule has 1 aromatic rings. The molecule has 19 heavy (non-hydrogen) atoms. The van der Waals surface area contributed by atoms with Crippen LogP contribution in [-0.2, 0) is 4.79 Å². The Morgan fingerprint density at radius 3 is 2.79 bits per heavy atom. The molecule has 1 aromatic carbocycles. The highest BCUT2D eigenvalue weighted by Crippen LogP contribution is 2.32. The quantitative estimate of drug-likeness (QED) is 0.784. The largest absolute Gasteiger partial charge is 0.322 e. The van der Waals surface area contributed by atoms with Gasteiger partial charge in [0.05, 0.1) is 0 Å². The van der Waals surface area contributed by atoms with Gasteiger partial charge in [-0.15, -0.1) is 0 Å². The van der Waals surface area contributed by atoms with Crippen molar-refractivity contribution < 1.29 is 4.79 Å². The van der Waals surface area contributed by atoms with Crippen LogP contribution in [-0.4, -0.2) is 5.91 Å². The van der Waals surface area contributed by atoms with Crippen LogP contribution in [0.25, 0.3) is 6.08 Å². The zero-order valence-electron chi connectivity index (χ0n) is 10.6. The molecule has 1 unspecified atom stereocenters. The molecule has 1 fully saturated rings. The number of rotatable bonds is 1. The summed E-state index contributed by atoms with van der Waals surface area (Å²) in [6.45, 7) is 2.17. The van der Waals surface area contributed by atoms with Gasteiger partial charge in [-0.05, 0) is 36.1 Å². The first-order chi connectivity index (χ1) is 9.13. The number of hydrogen-bond donors (Lipinski definition) is 1. The van der Waals surface area contributed by atoms with E-state index in [0.717, 1.165) is 33.3 Å². The van der Waals surface area contributed by atoms with E-state index in [9.17, 15) is 4.79 Å². The summed E-state index contributed by atoms with van der Waals surface area (Å²) in [7, 11) is 0. The Kier molecular flexibility index (Phi) is 3.15. The van der Waals surface area contributed by atoms with Gasteiger partial charge >= 0.3 is 0 Å². The van der Waals surface area contributed by atoms with Crippen LogP contribution in [0.15, 0.2) is 57.7 Å². The molecule has 1 atom stereocenters. The summed E-state index contributed by atoms with van der Waals surface area (Å²) in [5.41, 5.74) is 3.81. The van der Waals surface area contributed by atoms with Crippen LogP contribution >= 0.6 is 15.9 Å². The van der Waals surface area contributed by atoms with Gasteiger partial charge in [-0.2, -0.15) is 0 Å². The van der Waals surface area contributed by atoms with Crippen LogP contribution in [0.5, 0.6) is 0 Å². The molecular weight excluding hydrogens is 302 g/mol. The molecule has 0 spiro atoms. The van der Waals surface area contributed by atoms with Gasteiger partial charge in [0.15, 0.2) is 0 Å². The predicted molar refractivity (Wildman–Crippen MR) is 80.2 cm³/mol. The Morgan fingerprint density at radius 1 is 1.32 bits per heavy atom. The maximum atomic E-state index is 12.0. The fraction of sp³-hybridized carbons (Fsp3) is 0.188. The molecule has 3 rings (SSSR count). The Balaban J connectivity index is 2.01. The summed E-state index contributed by atoms with van der Waals surface area (Å²) in [4.78, 5) is 12.0. The van der Waals surface area contributed by atoms with E-state index in [0.29, 0.717) is 5.92 Å². The number of benzene rings is 1. The average molecular weight is 316 g/mol. The molecule has 96 valence electrons. The van der Waals surface area contributed by atoms with Gasteiger partial charge in [-0.1, -0.05) is 47.1 Å². The standard InChI is InChI=1S/C16H14BrNO/c1-10-2-7-15-13(8-10)14(16(19)18-15)9-11-3-5-12(17)6-4-11/h3-10H,2H2,1H3,(H,18,19)/b14-9+. The number of allylic oxidation sites excluding steroid dienone is 3. The molecule has 1 aliphatic heterocycles. The van der Waals surface area contributed by atoms with Crippen LogP contribution in [0.2, 0.25) is 0 Å². The Hall–Kier alpha value is -1.61. The average Bonchev–Trinajstić information content (AvgIpc) is 2.69. The van der Waals surface area contributed by atoms with Crippen molar-refractivity contribution in [2.45, 2.75) is 13.3 Å². The van der Waals surface area contributed by atoms with Crippen molar-refractivity contribution in [2.75, 3.05) is 0 Å². The smallest absolute Gasteiger partial charge is 0.256 e. The lowest BCUT2D eigenvalue weighted by molar-refractivity contribution is -0.115. The molecule has 0 bridgehead atoms. The molecule has 2 nitrogen and oxygen atoms in total. The van der Waals surface area contributed by atoms with E-state index < -0.39 is 0 Å². The van der Waals surface area contributed by atoms with Gasteiger partial charge in [0, 0.05) is 21.3 Å². The van der Waals surface area contributed by atoms with Crippen molar-refractivity contribution in [3.8, 4) is 0 Å². The van der Waals surface area contributed by atoms with Crippen LogP contribution < -0.4 is 5.32 Å². The van der Waals surface area contributed by atoms with Gasteiger partial charge < -0.3 is 5.32 Å². The number of nitrogens with one attached hydrogen (secondary N) is 1. The van der Waals surface area contributed by atoms with Crippen LogP contribution in [0, 0.1) is 5.92 Å². The van der Waals surface area contributed by atoms with E-state index in [1.54, 1.807) is 0 Å². The third-order valence-corrected chi connectivity index (χ3v) is 3.93. The minimum Gasteiger partial charge on any atom is -0.322 e. The maximum absolute atomic E-state index is 12.0. The zero-order chi connectivity index (χ0) is 13.4. The highest BCUT2D eigenvalue weighted by Gasteiger charge is 2.29. The van der Waals surface area contributed by atoms with Gasteiger partial charge in [0.1, 0.15) is 0 Å². The minimum absolute atomic E-state index is 0.00508. The van der Waals surface area contributed by atoms with Gasteiger partial charge in [0.25, 0.3) is 5.91 Å². The monoisotopic (exact) mass is 315 g/mol. The first-order valence-corrected chi connectivity index (χ1v) is 7.14. The molecule has 0 radical (unpaired) electrons. The first-order valence-electron chi connectivity index (χ1n) is 6.35.